The third kappa shape index (κ3) is 3.40. The molecule has 0 fully saturated rings. The first kappa shape index (κ1) is 18.5. The van der Waals surface area contributed by atoms with E-state index < -0.39 is 0 Å². The van der Waals surface area contributed by atoms with Gasteiger partial charge in [0.15, 0.2) is 0 Å². The summed E-state index contributed by atoms with van der Waals surface area (Å²) in [6.45, 7) is 2.88. The maximum absolute atomic E-state index is 6.36. The van der Waals surface area contributed by atoms with Crippen molar-refractivity contribution in [3.63, 3.8) is 0 Å². The molecule has 0 spiro atoms. The van der Waals surface area contributed by atoms with Gasteiger partial charge in [-0.1, -0.05) is 48.0 Å². The van der Waals surface area contributed by atoms with E-state index in [-0.39, 0.29) is 0 Å². The molecule has 4 heteroatoms. The van der Waals surface area contributed by atoms with E-state index in [0.717, 1.165) is 40.8 Å². The van der Waals surface area contributed by atoms with Crippen LogP contribution in [0.25, 0.3) is 32.9 Å². The first-order valence-electron chi connectivity index (χ1n) is 9.28. The molecule has 0 saturated heterocycles. The number of hydrogen-bond donors (Lipinski definition) is 2. The minimum absolute atomic E-state index is 0.718. The van der Waals surface area contributed by atoms with Crippen molar-refractivity contribution in [2.45, 2.75) is 26.2 Å². The molecule has 0 bridgehead atoms. The zero-order chi connectivity index (χ0) is 19.0. The van der Waals surface area contributed by atoms with E-state index >= 15 is 0 Å². The number of fused-ring (bicyclic) bond motifs is 2. The van der Waals surface area contributed by atoms with Gasteiger partial charge in [0.1, 0.15) is 0 Å². The van der Waals surface area contributed by atoms with Crippen molar-refractivity contribution in [1.29, 1.82) is 0 Å². The monoisotopic (exact) mass is 440 g/mol. The van der Waals surface area contributed by atoms with Crippen LogP contribution in [0.5, 0.6) is 0 Å². The summed E-state index contributed by atoms with van der Waals surface area (Å²) >= 11 is 10.0. The smallest absolute Gasteiger partial charge is 0.0607 e. The molecule has 0 atom stereocenters. The number of aromatic nitrogens is 1. The van der Waals surface area contributed by atoms with Gasteiger partial charge in [-0.3, -0.25) is 0 Å². The molecule has 0 radical (unpaired) electrons. The molecule has 2 nitrogen and oxygen atoms in total. The fourth-order valence-electron chi connectivity index (χ4n) is 3.88. The molecule has 0 amide bonds. The van der Waals surface area contributed by atoms with E-state index in [9.17, 15) is 0 Å². The normalized spacial score (nSPS) is 11.6. The third-order valence-electron chi connectivity index (χ3n) is 5.22. The molecule has 1 aromatic heterocycles. The van der Waals surface area contributed by atoms with E-state index in [1.54, 1.807) is 0 Å². The molecule has 0 aliphatic heterocycles. The molecule has 4 aromatic rings. The fraction of sp³-hybridized carbons (Fsp3) is 0.217. The Morgan fingerprint density at radius 1 is 1.00 bits per heavy atom. The summed E-state index contributed by atoms with van der Waals surface area (Å²) in [5.41, 5.74) is 11.9. The summed E-state index contributed by atoms with van der Waals surface area (Å²) in [5, 5.41) is 4.49. The summed E-state index contributed by atoms with van der Waals surface area (Å²) in [7, 11) is 0. The van der Waals surface area contributed by atoms with Crippen LogP contribution < -0.4 is 5.73 Å². The SMILES string of the molecule is Cc1ccc(-c2[nH]c3c(Br)cc(Cl)cc3c2CCCCN)c2ccccc12. The lowest BCUT2D eigenvalue weighted by Gasteiger charge is -2.11. The Kier molecular flexibility index (Phi) is 5.27. The van der Waals surface area contributed by atoms with Crippen LogP contribution in [0.2, 0.25) is 5.02 Å². The molecule has 27 heavy (non-hydrogen) atoms. The highest BCUT2D eigenvalue weighted by atomic mass is 79.9. The third-order valence-corrected chi connectivity index (χ3v) is 6.07. The first-order chi connectivity index (χ1) is 13.1. The van der Waals surface area contributed by atoms with Crippen molar-refractivity contribution in [2.75, 3.05) is 6.54 Å². The number of benzene rings is 3. The van der Waals surface area contributed by atoms with Crippen LogP contribution in [0.4, 0.5) is 0 Å². The number of aromatic amines is 1. The van der Waals surface area contributed by atoms with Crippen molar-refractivity contribution in [1.82, 2.24) is 4.98 Å². The van der Waals surface area contributed by atoms with Gasteiger partial charge in [0.2, 0.25) is 0 Å². The molecule has 3 N–H and O–H groups in total. The number of hydrogen-bond acceptors (Lipinski definition) is 1. The minimum atomic E-state index is 0.718. The number of H-pyrrole nitrogens is 1. The second-order valence-corrected chi connectivity index (χ2v) is 8.30. The summed E-state index contributed by atoms with van der Waals surface area (Å²) in [4.78, 5) is 3.68. The molecule has 0 saturated carbocycles. The second-order valence-electron chi connectivity index (χ2n) is 7.01. The number of rotatable bonds is 5. The summed E-state index contributed by atoms with van der Waals surface area (Å²) in [6, 6.07) is 17.0. The van der Waals surface area contributed by atoms with E-state index in [0.29, 0.717) is 0 Å². The zero-order valence-corrected chi connectivity index (χ0v) is 17.6. The molecule has 4 rings (SSSR count). The van der Waals surface area contributed by atoms with Crippen LogP contribution >= 0.6 is 27.5 Å². The number of aryl methyl sites for hydroxylation is 2. The lowest BCUT2D eigenvalue weighted by molar-refractivity contribution is 0.748. The Hall–Kier alpha value is -1.81. The number of nitrogens with two attached hydrogens (primary N) is 1. The fourth-order valence-corrected chi connectivity index (χ4v) is 4.79. The maximum Gasteiger partial charge on any atom is 0.0607 e. The van der Waals surface area contributed by atoms with Gasteiger partial charge < -0.3 is 10.7 Å². The van der Waals surface area contributed by atoms with Gasteiger partial charge in [-0.15, -0.1) is 0 Å². The van der Waals surface area contributed by atoms with Gasteiger partial charge in [0, 0.05) is 20.4 Å². The Morgan fingerprint density at radius 2 is 1.78 bits per heavy atom. The first-order valence-corrected chi connectivity index (χ1v) is 10.5. The predicted octanol–water partition coefficient (Wildman–Crippen LogP) is 6.99. The van der Waals surface area contributed by atoms with E-state index in [1.165, 1.54) is 38.5 Å². The standard InChI is InChI=1S/C23H22BrClN2/c1-14-9-10-19(17-7-3-2-6-16(14)17)22-18(8-4-5-11-26)20-12-15(25)13-21(24)23(20)27-22/h2-3,6-7,9-10,12-13,27H,4-5,8,11,26H2,1H3. The Morgan fingerprint density at radius 3 is 2.56 bits per heavy atom. The molecular weight excluding hydrogens is 420 g/mol. The van der Waals surface area contributed by atoms with E-state index in [4.69, 9.17) is 17.3 Å². The average molecular weight is 442 g/mol. The Balaban J connectivity index is 2.00. The van der Waals surface area contributed by atoms with Crippen molar-refractivity contribution in [3.05, 3.63) is 69.2 Å². The van der Waals surface area contributed by atoms with E-state index in [2.05, 4.69) is 70.3 Å². The van der Waals surface area contributed by atoms with Crippen LogP contribution in [0.1, 0.15) is 24.0 Å². The highest BCUT2D eigenvalue weighted by molar-refractivity contribution is 9.10. The van der Waals surface area contributed by atoms with Crippen LogP contribution in [-0.2, 0) is 6.42 Å². The summed E-state index contributed by atoms with van der Waals surface area (Å²) in [5.74, 6) is 0. The molecule has 0 aliphatic rings. The Labute approximate surface area is 172 Å². The minimum Gasteiger partial charge on any atom is -0.353 e. The van der Waals surface area contributed by atoms with Crippen molar-refractivity contribution in [2.24, 2.45) is 5.73 Å². The molecule has 138 valence electrons. The number of unbranched alkanes of at least 4 members (excludes halogenated alkanes) is 1. The molecule has 3 aromatic carbocycles. The number of halogens is 2. The second kappa shape index (κ2) is 7.67. The quantitative estimate of drug-likeness (QED) is 0.322. The predicted molar refractivity (Wildman–Crippen MR) is 121 cm³/mol. The molecule has 0 aliphatic carbocycles. The maximum atomic E-state index is 6.36. The van der Waals surface area contributed by atoms with Crippen molar-refractivity contribution >= 4 is 49.2 Å². The van der Waals surface area contributed by atoms with Crippen molar-refractivity contribution < 1.29 is 0 Å². The van der Waals surface area contributed by atoms with Gasteiger partial charge in [-0.05, 0) is 82.7 Å². The van der Waals surface area contributed by atoms with Crippen LogP contribution in [0.3, 0.4) is 0 Å². The highest BCUT2D eigenvalue weighted by Gasteiger charge is 2.17. The van der Waals surface area contributed by atoms with Crippen LogP contribution in [0.15, 0.2) is 53.0 Å². The summed E-state index contributed by atoms with van der Waals surface area (Å²) in [6.07, 6.45) is 3.05. The van der Waals surface area contributed by atoms with Gasteiger partial charge in [-0.25, -0.2) is 0 Å². The van der Waals surface area contributed by atoms with Gasteiger partial charge in [0.05, 0.1) is 11.2 Å². The average Bonchev–Trinajstić information content (AvgIpc) is 3.01. The van der Waals surface area contributed by atoms with Gasteiger partial charge in [-0.2, -0.15) is 0 Å². The van der Waals surface area contributed by atoms with Crippen molar-refractivity contribution in [3.8, 4) is 11.3 Å². The van der Waals surface area contributed by atoms with E-state index in [1.807, 2.05) is 6.07 Å². The largest absolute Gasteiger partial charge is 0.353 e. The molecule has 0 unspecified atom stereocenters. The summed E-state index contributed by atoms with van der Waals surface area (Å²) < 4.78 is 0.993. The topological polar surface area (TPSA) is 41.8 Å². The molecule has 1 heterocycles. The van der Waals surface area contributed by atoms with Crippen LogP contribution in [0, 0.1) is 6.92 Å². The highest BCUT2D eigenvalue weighted by Crippen LogP contribution is 2.39. The lowest BCUT2D eigenvalue weighted by atomic mass is 9.94. The van der Waals surface area contributed by atoms with Crippen LogP contribution in [-0.4, -0.2) is 11.5 Å². The van der Waals surface area contributed by atoms with Gasteiger partial charge in [0.25, 0.3) is 0 Å². The van der Waals surface area contributed by atoms with Gasteiger partial charge >= 0.3 is 0 Å². The zero-order valence-electron chi connectivity index (χ0n) is 15.3. The molecular formula is C23H22BrClN2. The lowest BCUT2D eigenvalue weighted by Crippen LogP contribution is -1.99. The number of nitrogens with one attached hydrogen (secondary N) is 1. The Bertz CT molecular complexity index is 1130.